The zero-order valence-corrected chi connectivity index (χ0v) is 13.9. The molecule has 0 amide bonds. The van der Waals surface area contributed by atoms with Crippen LogP contribution in [0.25, 0.3) is 33.7 Å². The Labute approximate surface area is 150 Å². The molecule has 128 valence electrons. The van der Waals surface area contributed by atoms with E-state index in [2.05, 4.69) is 19.9 Å². The van der Waals surface area contributed by atoms with Crippen molar-refractivity contribution in [1.29, 1.82) is 0 Å². The van der Waals surface area contributed by atoms with Crippen LogP contribution < -0.4 is 5.56 Å². The predicted octanol–water partition coefficient (Wildman–Crippen LogP) is 3.99. The van der Waals surface area contributed by atoms with Crippen molar-refractivity contribution in [3.05, 3.63) is 75.3 Å². The molecule has 4 rings (SSSR count). The van der Waals surface area contributed by atoms with Crippen molar-refractivity contribution in [2.24, 2.45) is 0 Å². The Hall–Kier alpha value is -3.26. The molecule has 0 saturated carbocycles. The van der Waals surface area contributed by atoms with Crippen LogP contribution in [0.3, 0.4) is 0 Å². The highest BCUT2D eigenvalue weighted by Gasteiger charge is 2.16. The minimum Gasteiger partial charge on any atom is -0.315 e. The molecule has 0 fully saturated rings. The van der Waals surface area contributed by atoms with Crippen LogP contribution in [0.2, 0.25) is 0 Å². The van der Waals surface area contributed by atoms with E-state index in [-0.39, 0.29) is 21.6 Å². The molecule has 0 bridgehead atoms. The summed E-state index contributed by atoms with van der Waals surface area (Å²) in [6.07, 6.45) is 0. The van der Waals surface area contributed by atoms with Crippen LogP contribution in [0.5, 0.6) is 0 Å². The SMILES string of the molecule is O=c1[nH]c(=S)[nH]c2nc(-c3cccc(F)c3)c(-c3cccc(F)c3)nc12. The molecule has 0 aliphatic rings. The van der Waals surface area contributed by atoms with Gasteiger partial charge >= 0.3 is 0 Å². The molecule has 2 aromatic heterocycles. The number of nitrogens with zero attached hydrogens (tertiary/aromatic N) is 2. The molecular formula is C18H10F2N4OS. The van der Waals surface area contributed by atoms with Crippen molar-refractivity contribution >= 4 is 23.4 Å². The summed E-state index contributed by atoms with van der Waals surface area (Å²) in [7, 11) is 0. The zero-order valence-electron chi connectivity index (χ0n) is 13.1. The van der Waals surface area contributed by atoms with Gasteiger partial charge in [-0.15, -0.1) is 0 Å². The van der Waals surface area contributed by atoms with Crippen LogP contribution in [-0.2, 0) is 0 Å². The van der Waals surface area contributed by atoms with Gasteiger partial charge in [0.1, 0.15) is 11.6 Å². The Balaban J connectivity index is 2.12. The smallest absolute Gasteiger partial charge is 0.279 e. The van der Waals surface area contributed by atoms with Crippen molar-refractivity contribution in [3.8, 4) is 22.5 Å². The molecule has 2 heterocycles. The van der Waals surface area contributed by atoms with Crippen LogP contribution >= 0.6 is 12.2 Å². The third kappa shape index (κ3) is 2.91. The third-order valence-electron chi connectivity index (χ3n) is 3.77. The standard InChI is InChI=1S/C18H10F2N4OS/c19-11-5-1-3-9(7-11)13-14(10-4-2-6-12(20)8-10)22-16-15(21-13)17(25)24-18(26)23-16/h1-8H,(H2,22,23,24,25,26). The van der Waals surface area contributed by atoms with Crippen LogP contribution in [0, 0.1) is 16.4 Å². The van der Waals surface area contributed by atoms with E-state index in [9.17, 15) is 13.6 Å². The van der Waals surface area contributed by atoms with E-state index < -0.39 is 17.2 Å². The first-order valence-electron chi connectivity index (χ1n) is 7.57. The fraction of sp³-hybridized carbons (Fsp3) is 0. The van der Waals surface area contributed by atoms with Gasteiger partial charge in [0.25, 0.3) is 5.56 Å². The fourth-order valence-electron chi connectivity index (χ4n) is 2.66. The number of benzene rings is 2. The number of rotatable bonds is 2. The van der Waals surface area contributed by atoms with Crippen molar-refractivity contribution < 1.29 is 8.78 Å². The lowest BCUT2D eigenvalue weighted by atomic mass is 10.0. The van der Waals surface area contributed by atoms with Gasteiger partial charge in [-0.3, -0.25) is 9.78 Å². The maximum absolute atomic E-state index is 13.7. The average molecular weight is 368 g/mol. The molecule has 2 N–H and O–H groups in total. The highest BCUT2D eigenvalue weighted by Crippen LogP contribution is 2.30. The quantitative estimate of drug-likeness (QED) is 0.525. The first-order valence-corrected chi connectivity index (χ1v) is 7.98. The van der Waals surface area contributed by atoms with Gasteiger partial charge in [0.05, 0.1) is 11.4 Å². The number of H-pyrrole nitrogens is 2. The van der Waals surface area contributed by atoms with Gasteiger partial charge < -0.3 is 4.98 Å². The summed E-state index contributed by atoms with van der Waals surface area (Å²) >= 11 is 4.96. The second kappa shape index (κ2) is 6.23. The van der Waals surface area contributed by atoms with E-state index in [1.807, 2.05) is 0 Å². The third-order valence-corrected chi connectivity index (χ3v) is 3.97. The van der Waals surface area contributed by atoms with Gasteiger partial charge in [-0.1, -0.05) is 24.3 Å². The topological polar surface area (TPSA) is 74.4 Å². The summed E-state index contributed by atoms with van der Waals surface area (Å²) in [4.78, 5) is 26.2. The first-order chi connectivity index (χ1) is 12.5. The summed E-state index contributed by atoms with van der Waals surface area (Å²) in [5, 5.41) is 0. The molecule has 0 unspecified atom stereocenters. The molecule has 0 saturated heterocycles. The molecule has 0 aliphatic carbocycles. The number of hydrogen-bond donors (Lipinski definition) is 2. The van der Waals surface area contributed by atoms with Crippen LogP contribution in [-0.4, -0.2) is 19.9 Å². The number of halogens is 2. The fourth-order valence-corrected chi connectivity index (χ4v) is 2.85. The summed E-state index contributed by atoms with van der Waals surface area (Å²) in [5.41, 5.74) is 1.10. The summed E-state index contributed by atoms with van der Waals surface area (Å²) in [6, 6.07) is 11.5. The Morgan fingerprint density at radius 1 is 0.846 bits per heavy atom. The summed E-state index contributed by atoms with van der Waals surface area (Å²) in [6.45, 7) is 0. The predicted molar refractivity (Wildman–Crippen MR) is 96.1 cm³/mol. The normalized spacial score (nSPS) is 11.0. The Morgan fingerprint density at radius 3 is 2.00 bits per heavy atom. The van der Waals surface area contributed by atoms with E-state index in [1.54, 1.807) is 12.1 Å². The van der Waals surface area contributed by atoms with Crippen molar-refractivity contribution in [2.45, 2.75) is 0 Å². The van der Waals surface area contributed by atoms with Gasteiger partial charge in [-0.2, -0.15) is 0 Å². The maximum atomic E-state index is 13.7. The van der Waals surface area contributed by atoms with Crippen LogP contribution in [0.15, 0.2) is 53.3 Å². The Kier molecular flexibility index (Phi) is 3.89. The van der Waals surface area contributed by atoms with Gasteiger partial charge in [0.2, 0.25) is 0 Å². The van der Waals surface area contributed by atoms with Crippen LogP contribution in [0.4, 0.5) is 8.78 Å². The molecule has 0 atom stereocenters. The van der Waals surface area contributed by atoms with Crippen molar-refractivity contribution in [3.63, 3.8) is 0 Å². The second-order valence-electron chi connectivity index (χ2n) is 5.55. The lowest BCUT2D eigenvalue weighted by Crippen LogP contribution is -2.12. The van der Waals surface area contributed by atoms with E-state index in [0.717, 1.165) is 0 Å². The number of aromatic nitrogens is 4. The van der Waals surface area contributed by atoms with Crippen LogP contribution in [0.1, 0.15) is 0 Å². The monoisotopic (exact) mass is 368 g/mol. The zero-order chi connectivity index (χ0) is 18.3. The highest BCUT2D eigenvalue weighted by atomic mass is 32.1. The molecule has 26 heavy (non-hydrogen) atoms. The number of aromatic amines is 2. The molecule has 0 spiro atoms. The molecule has 2 aromatic carbocycles. The van der Waals surface area contributed by atoms with E-state index in [4.69, 9.17) is 12.2 Å². The van der Waals surface area contributed by atoms with Gasteiger partial charge in [0.15, 0.2) is 15.9 Å². The molecule has 4 aromatic rings. The Bertz CT molecular complexity index is 1270. The number of hydrogen-bond acceptors (Lipinski definition) is 4. The molecular weight excluding hydrogens is 358 g/mol. The number of nitrogens with one attached hydrogen (secondary N) is 2. The van der Waals surface area contributed by atoms with E-state index >= 15 is 0 Å². The van der Waals surface area contributed by atoms with E-state index in [1.165, 1.54) is 36.4 Å². The van der Waals surface area contributed by atoms with E-state index in [0.29, 0.717) is 16.8 Å². The molecule has 5 nitrogen and oxygen atoms in total. The van der Waals surface area contributed by atoms with Crippen molar-refractivity contribution in [1.82, 2.24) is 19.9 Å². The molecule has 0 radical (unpaired) electrons. The first kappa shape index (κ1) is 16.2. The maximum Gasteiger partial charge on any atom is 0.279 e. The van der Waals surface area contributed by atoms with Gasteiger partial charge in [-0.25, -0.2) is 18.7 Å². The summed E-state index contributed by atoms with van der Waals surface area (Å²) in [5.74, 6) is -0.913. The lowest BCUT2D eigenvalue weighted by Gasteiger charge is -2.10. The minimum absolute atomic E-state index is 0.0259. The molecule has 0 aliphatic heterocycles. The lowest BCUT2D eigenvalue weighted by molar-refractivity contribution is 0.627. The summed E-state index contributed by atoms with van der Waals surface area (Å²) < 4.78 is 27.5. The largest absolute Gasteiger partial charge is 0.315 e. The second-order valence-corrected chi connectivity index (χ2v) is 5.96. The van der Waals surface area contributed by atoms with Crippen molar-refractivity contribution in [2.75, 3.05) is 0 Å². The molecule has 8 heteroatoms. The van der Waals surface area contributed by atoms with Gasteiger partial charge in [-0.05, 0) is 36.5 Å². The number of fused-ring (bicyclic) bond motifs is 1. The minimum atomic E-state index is -0.514. The highest BCUT2D eigenvalue weighted by molar-refractivity contribution is 7.71. The average Bonchev–Trinajstić information content (AvgIpc) is 2.60. The Morgan fingerprint density at radius 2 is 1.42 bits per heavy atom. The van der Waals surface area contributed by atoms with Gasteiger partial charge in [0, 0.05) is 11.1 Å².